The molecule has 0 saturated carbocycles. The van der Waals surface area contributed by atoms with Gasteiger partial charge in [-0.25, -0.2) is 4.39 Å². The molecule has 18 heavy (non-hydrogen) atoms. The van der Waals surface area contributed by atoms with Crippen molar-refractivity contribution in [2.45, 2.75) is 13.0 Å². The number of benzene rings is 2. The summed E-state index contributed by atoms with van der Waals surface area (Å²) >= 11 is 0. The molecule has 2 aromatic carbocycles. The third kappa shape index (κ3) is 1.88. The van der Waals surface area contributed by atoms with Crippen molar-refractivity contribution in [3.05, 3.63) is 65.5 Å². The number of para-hydroxylation sites is 1. The zero-order valence-corrected chi connectivity index (χ0v) is 9.77. The van der Waals surface area contributed by atoms with Crippen LogP contribution in [0.2, 0.25) is 0 Å². The number of carbonyl (C=O) groups is 1. The van der Waals surface area contributed by atoms with Gasteiger partial charge in [-0.3, -0.25) is 4.79 Å². The first kappa shape index (κ1) is 11.0. The summed E-state index contributed by atoms with van der Waals surface area (Å²) in [6.07, 6.45) is 0.456. The maximum absolute atomic E-state index is 12.8. The Balaban J connectivity index is 1.89. The van der Waals surface area contributed by atoms with Crippen molar-refractivity contribution in [1.29, 1.82) is 0 Å². The molecule has 0 aliphatic carbocycles. The lowest BCUT2D eigenvalue weighted by molar-refractivity contribution is -0.117. The molecule has 3 rings (SSSR count). The number of rotatable bonds is 2. The Morgan fingerprint density at radius 1 is 1.06 bits per heavy atom. The molecule has 0 fully saturated rings. The van der Waals surface area contributed by atoms with Gasteiger partial charge in [-0.15, -0.1) is 0 Å². The lowest BCUT2D eigenvalue weighted by Gasteiger charge is -2.17. The van der Waals surface area contributed by atoms with Crippen LogP contribution in [0.5, 0.6) is 0 Å². The van der Waals surface area contributed by atoms with Gasteiger partial charge in [0.1, 0.15) is 5.82 Å². The number of carbonyl (C=O) groups excluding carboxylic acids is 1. The van der Waals surface area contributed by atoms with Crippen molar-refractivity contribution in [3.8, 4) is 0 Å². The number of amides is 1. The summed E-state index contributed by atoms with van der Waals surface area (Å²) in [7, 11) is 0. The van der Waals surface area contributed by atoms with Gasteiger partial charge in [-0.1, -0.05) is 30.3 Å². The lowest BCUT2D eigenvalue weighted by atomic mass is 10.1. The van der Waals surface area contributed by atoms with Crippen molar-refractivity contribution >= 4 is 11.6 Å². The van der Waals surface area contributed by atoms with E-state index in [0.717, 1.165) is 16.8 Å². The first-order chi connectivity index (χ1) is 8.74. The average molecular weight is 241 g/mol. The van der Waals surface area contributed by atoms with Crippen molar-refractivity contribution in [2.75, 3.05) is 4.90 Å². The van der Waals surface area contributed by atoms with Crippen LogP contribution in [0.4, 0.5) is 10.1 Å². The second-order valence-electron chi connectivity index (χ2n) is 4.41. The Bertz CT molecular complexity index is 592. The van der Waals surface area contributed by atoms with Gasteiger partial charge in [0, 0.05) is 5.69 Å². The number of hydrogen-bond acceptors (Lipinski definition) is 1. The van der Waals surface area contributed by atoms with Crippen LogP contribution < -0.4 is 4.90 Å². The summed E-state index contributed by atoms with van der Waals surface area (Å²) in [5.41, 5.74) is 2.96. The Morgan fingerprint density at radius 3 is 2.56 bits per heavy atom. The third-order valence-corrected chi connectivity index (χ3v) is 3.18. The molecular formula is C15H12FNO. The van der Waals surface area contributed by atoms with Gasteiger partial charge in [0.2, 0.25) is 5.91 Å². The van der Waals surface area contributed by atoms with E-state index in [1.807, 2.05) is 24.3 Å². The highest BCUT2D eigenvalue weighted by molar-refractivity contribution is 6.01. The Kier molecular flexibility index (Phi) is 2.59. The summed E-state index contributed by atoms with van der Waals surface area (Å²) in [6, 6.07) is 14.0. The summed E-state index contributed by atoms with van der Waals surface area (Å²) in [4.78, 5) is 13.7. The van der Waals surface area contributed by atoms with Crippen LogP contribution in [0.1, 0.15) is 11.1 Å². The van der Waals surface area contributed by atoms with Gasteiger partial charge in [-0.2, -0.15) is 0 Å². The lowest BCUT2D eigenvalue weighted by Crippen LogP contribution is -2.25. The third-order valence-electron chi connectivity index (χ3n) is 3.18. The van der Waals surface area contributed by atoms with Crippen LogP contribution in [-0.4, -0.2) is 5.91 Å². The number of nitrogens with zero attached hydrogens (tertiary/aromatic N) is 1. The van der Waals surface area contributed by atoms with E-state index in [4.69, 9.17) is 0 Å². The van der Waals surface area contributed by atoms with Gasteiger partial charge >= 0.3 is 0 Å². The fraction of sp³-hybridized carbons (Fsp3) is 0.133. The molecule has 2 nitrogen and oxygen atoms in total. The average Bonchev–Trinajstić information content (AvgIpc) is 2.69. The Hall–Kier alpha value is -2.16. The molecule has 0 aromatic heterocycles. The predicted octanol–water partition coefficient (Wildman–Crippen LogP) is 2.92. The second kappa shape index (κ2) is 4.26. The number of fused-ring (bicyclic) bond motifs is 1. The highest BCUT2D eigenvalue weighted by Gasteiger charge is 2.26. The maximum atomic E-state index is 12.8. The molecule has 1 heterocycles. The predicted molar refractivity (Wildman–Crippen MR) is 67.7 cm³/mol. The molecule has 0 N–H and O–H groups in total. The molecular weight excluding hydrogens is 229 g/mol. The molecule has 1 amide bonds. The standard InChI is InChI=1S/C15H12FNO/c16-13-7-5-11(6-8-13)10-17-14-4-2-1-3-12(14)9-15(17)18/h1-8H,9-10H2. The molecule has 1 aliphatic heterocycles. The fourth-order valence-corrected chi connectivity index (χ4v) is 2.26. The maximum Gasteiger partial charge on any atom is 0.231 e. The smallest absolute Gasteiger partial charge is 0.231 e. The molecule has 0 atom stereocenters. The first-order valence-electron chi connectivity index (χ1n) is 5.87. The Morgan fingerprint density at radius 2 is 1.78 bits per heavy atom. The zero-order valence-electron chi connectivity index (χ0n) is 9.77. The van der Waals surface area contributed by atoms with E-state index in [0.29, 0.717) is 13.0 Å². The minimum atomic E-state index is -0.258. The normalized spacial score (nSPS) is 13.8. The van der Waals surface area contributed by atoms with Crippen LogP contribution in [0.25, 0.3) is 0 Å². The van der Waals surface area contributed by atoms with Crippen LogP contribution in [0.15, 0.2) is 48.5 Å². The molecule has 90 valence electrons. The van der Waals surface area contributed by atoms with Crippen LogP contribution in [0.3, 0.4) is 0 Å². The van der Waals surface area contributed by atoms with Crippen LogP contribution in [-0.2, 0) is 17.8 Å². The minimum absolute atomic E-state index is 0.0977. The number of halogens is 1. The van der Waals surface area contributed by atoms with E-state index < -0.39 is 0 Å². The summed E-state index contributed by atoms with van der Waals surface area (Å²) in [6.45, 7) is 0.496. The first-order valence-corrected chi connectivity index (χ1v) is 5.87. The van der Waals surface area contributed by atoms with Gasteiger partial charge in [0.15, 0.2) is 0 Å². The SMILES string of the molecule is O=C1Cc2ccccc2N1Cc1ccc(F)cc1. The van der Waals surface area contributed by atoms with Crippen molar-refractivity contribution in [3.63, 3.8) is 0 Å². The zero-order chi connectivity index (χ0) is 12.5. The molecule has 1 aliphatic rings. The van der Waals surface area contributed by atoms with E-state index in [2.05, 4.69) is 0 Å². The van der Waals surface area contributed by atoms with Gasteiger partial charge in [0.05, 0.1) is 13.0 Å². The van der Waals surface area contributed by atoms with Gasteiger partial charge in [0.25, 0.3) is 0 Å². The summed E-state index contributed by atoms with van der Waals surface area (Å²) in [5.74, 6) is -0.160. The second-order valence-corrected chi connectivity index (χ2v) is 4.41. The highest BCUT2D eigenvalue weighted by atomic mass is 19.1. The Labute approximate surface area is 105 Å². The quantitative estimate of drug-likeness (QED) is 0.791. The van der Waals surface area contributed by atoms with Gasteiger partial charge in [-0.05, 0) is 29.3 Å². The van der Waals surface area contributed by atoms with E-state index >= 15 is 0 Å². The monoisotopic (exact) mass is 241 g/mol. The number of hydrogen-bond donors (Lipinski definition) is 0. The molecule has 0 spiro atoms. The van der Waals surface area contributed by atoms with E-state index in [-0.39, 0.29) is 11.7 Å². The number of anilines is 1. The van der Waals surface area contributed by atoms with Crippen molar-refractivity contribution in [1.82, 2.24) is 0 Å². The van der Waals surface area contributed by atoms with Crippen LogP contribution in [0, 0.1) is 5.82 Å². The van der Waals surface area contributed by atoms with Crippen molar-refractivity contribution < 1.29 is 9.18 Å². The van der Waals surface area contributed by atoms with E-state index in [1.165, 1.54) is 12.1 Å². The highest BCUT2D eigenvalue weighted by Crippen LogP contribution is 2.29. The molecule has 3 heteroatoms. The summed E-state index contributed by atoms with van der Waals surface area (Å²) in [5, 5.41) is 0. The topological polar surface area (TPSA) is 20.3 Å². The molecule has 0 saturated heterocycles. The van der Waals surface area contributed by atoms with Crippen molar-refractivity contribution in [2.24, 2.45) is 0 Å². The molecule has 2 aromatic rings. The molecule has 0 radical (unpaired) electrons. The molecule has 0 unspecified atom stereocenters. The summed E-state index contributed by atoms with van der Waals surface area (Å²) < 4.78 is 12.8. The fourth-order valence-electron chi connectivity index (χ4n) is 2.26. The van der Waals surface area contributed by atoms with Crippen LogP contribution >= 0.6 is 0 Å². The minimum Gasteiger partial charge on any atom is -0.307 e. The molecule has 0 bridgehead atoms. The van der Waals surface area contributed by atoms with E-state index in [1.54, 1.807) is 17.0 Å². The largest absolute Gasteiger partial charge is 0.307 e. The van der Waals surface area contributed by atoms with Gasteiger partial charge < -0.3 is 4.90 Å². The van der Waals surface area contributed by atoms with E-state index in [9.17, 15) is 9.18 Å².